The summed E-state index contributed by atoms with van der Waals surface area (Å²) in [5.41, 5.74) is 0. The molecule has 1 atom stereocenters. The third-order valence-electron chi connectivity index (χ3n) is 2.94. The van der Waals surface area contributed by atoms with E-state index in [1.54, 1.807) is 0 Å². The molecule has 1 aliphatic heterocycles. The van der Waals surface area contributed by atoms with Crippen LogP contribution in [0.15, 0.2) is 0 Å². The molecule has 0 spiro atoms. The SMILES string of the molecule is CCN(CC1CCNCC1)C[C@@H](C)O. The first-order valence-electron chi connectivity index (χ1n) is 5.83. The minimum absolute atomic E-state index is 0.198. The fraction of sp³-hybridized carbons (Fsp3) is 1.00. The molecule has 0 aliphatic carbocycles. The number of aliphatic hydroxyl groups is 1. The maximum absolute atomic E-state index is 9.33. The topological polar surface area (TPSA) is 35.5 Å². The van der Waals surface area contributed by atoms with Crippen molar-refractivity contribution in [3.63, 3.8) is 0 Å². The average molecular weight is 200 g/mol. The maximum atomic E-state index is 9.33. The molecule has 3 nitrogen and oxygen atoms in total. The molecule has 1 heterocycles. The second-order valence-corrected chi connectivity index (χ2v) is 4.39. The molecule has 0 aromatic carbocycles. The van der Waals surface area contributed by atoms with E-state index in [0.29, 0.717) is 0 Å². The Labute approximate surface area is 87.5 Å². The zero-order valence-electron chi connectivity index (χ0n) is 9.50. The maximum Gasteiger partial charge on any atom is 0.0639 e. The van der Waals surface area contributed by atoms with E-state index >= 15 is 0 Å². The van der Waals surface area contributed by atoms with Gasteiger partial charge in [0.25, 0.3) is 0 Å². The van der Waals surface area contributed by atoms with Crippen LogP contribution in [-0.4, -0.2) is 48.8 Å². The summed E-state index contributed by atoms with van der Waals surface area (Å²) >= 11 is 0. The van der Waals surface area contributed by atoms with Gasteiger partial charge >= 0.3 is 0 Å². The van der Waals surface area contributed by atoms with Crippen molar-refractivity contribution in [3.8, 4) is 0 Å². The van der Waals surface area contributed by atoms with Crippen LogP contribution in [0.3, 0.4) is 0 Å². The smallest absolute Gasteiger partial charge is 0.0639 e. The lowest BCUT2D eigenvalue weighted by Gasteiger charge is -2.29. The zero-order chi connectivity index (χ0) is 10.4. The van der Waals surface area contributed by atoms with Gasteiger partial charge in [-0.15, -0.1) is 0 Å². The number of rotatable bonds is 5. The van der Waals surface area contributed by atoms with Crippen molar-refractivity contribution >= 4 is 0 Å². The first-order chi connectivity index (χ1) is 6.72. The highest BCUT2D eigenvalue weighted by atomic mass is 16.3. The van der Waals surface area contributed by atoms with Gasteiger partial charge in [0.1, 0.15) is 0 Å². The number of nitrogens with one attached hydrogen (secondary N) is 1. The van der Waals surface area contributed by atoms with E-state index in [1.807, 2.05) is 6.92 Å². The van der Waals surface area contributed by atoms with E-state index in [-0.39, 0.29) is 6.10 Å². The third-order valence-corrected chi connectivity index (χ3v) is 2.94. The van der Waals surface area contributed by atoms with Crippen molar-refractivity contribution in [1.82, 2.24) is 10.2 Å². The Bertz CT molecular complexity index is 144. The Morgan fingerprint density at radius 1 is 1.43 bits per heavy atom. The van der Waals surface area contributed by atoms with Crippen LogP contribution in [0.4, 0.5) is 0 Å². The largest absolute Gasteiger partial charge is 0.392 e. The summed E-state index contributed by atoms with van der Waals surface area (Å²) in [5.74, 6) is 0.829. The standard InChI is InChI=1S/C11H24N2O/c1-3-13(8-10(2)14)9-11-4-6-12-7-5-11/h10-12,14H,3-9H2,1-2H3/t10-/m1/s1. The molecule has 0 saturated carbocycles. The first-order valence-corrected chi connectivity index (χ1v) is 5.83. The summed E-state index contributed by atoms with van der Waals surface area (Å²) in [6.45, 7) is 9.39. The van der Waals surface area contributed by atoms with Gasteiger partial charge in [-0.25, -0.2) is 0 Å². The normalized spacial score (nSPS) is 21.4. The van der Waals surface area contributed by atoms with E-state index < -0.39 is 0 Å². The summed E-state index contributed by atoms with van der Waals surface area (Å²) in [5, 5.41) is 12.7. The van der Waals surface area contributed by atoms with Gasteiger partial charge in [0.15, 0.2) is 0 Å². The van der Waals surface area contributed by atoms with Crippen LogP contribution in [-0.2, 0) is 0 Å². The van der Waals surface area contributed by atoms with Crippen molar-refractivity contribution < 1.29 is 5.11 Å². The fourth-order valence-corrected chi connectivity index (χ4v) is 2.14. The van der Waals surface area contributed by atoms with Gasteiger partial charge in [-0.05, 0) is 45.3 Å². The summed E-state index contributed by atoms with van der Waals surface area (Å²) in [4.78, 5) is 2.36. The van der Waals surface area contributed by atoms with E-state index in [1.165, 1.54) is 12.8 Å². The molecule has 0 amide bonds. The molecule has 1 fully saturated rings. The number of hydrogen-bond donors (Lipinski definition) is 2. The highest BCUT2D eigenvalue weighted by Gasteiger charge is 2.16. The predicted octanol–water partition coefficient (Wildman–Crippen LogP) is 0.689. The molecule has 2 N–H and O–H groups in total. The second kappa shape index (κ2) is 6.38. The quantitative estimate of drug-likeness (QED) is 0.685. The van der Waals surface area contributed by atoms with Crippen molar-refractivity contribution in [1.29, 1.82) is 0 Å². The van der Waals surface area contributed by atoms with Gasteiger partial charge in [0.05, 0.1) is 6.10 Å². The summed E-state index contributed by atoms with van der Waals surface area (Å²) in [7, 11) is 0. The fourth-order valence-electron chi connectivity index (χ4n) is 2.14. The molecule has 0 aromatic rings. The van der Waals surface area contributed by atoms with Crippen molar-refractivity contribution in [2.24, 2.45) is 5.92 Å². The van der Waals surface area contributed by atoms with Crippen LogP contribution in [0.25, 0.3) is 0 Å². The van der Waals surface area contributed by atoms with Crippen LogP contribution in [0, 0.1) is 5.92 Å². The Kier molecular flexibility index (Phi) is 5.45. The van der Waals surface area contributed by atoms with Crippen LogP contribution >= 0.6 is 0 Å². The van der Waals surface area contributed by atoms with Crippen LogP contribution in [0.2, 0.25) is 0 Å². The molecule has 1 rings (SSSR count). The zero-order valence-corrected chi connectivity index (χ0v) is 9.50. The van der Waals surface area contributed by atoms with E-state index in [4.69, 9.17) is 0 Å². The lowest BCUT2D eigenvalue weighted by atomic mass is 9.97. The molecule has 0 bridgehead atoms. The number of piperidine rings is 1. The number of nitrogens with zero attached hydrogens (tertiary/aromatic N) is 1. The third kappa shape index (κ3) is 4.40. The molecule has 0 aromatic heterocycles. The van der Waals surface area contributed by atoms with Gasteiger partial charge < -0.3 is 15.3 Å². The predicted molar refractivity (Wildman–Crippen MR) is 59.4 cm³/mol. The van der Waals surface area contributed by atoms with Crippen LogP contribution in [0.1, 0.15) is 26.7 Å². The monoisotopic (exact) mass is 200 g/mol. The van der Waals surface area contributed by atoms with Crippen LogP contribution in [0.5, 0.6) is 0 Å². The number of hydrogen-bond acceptors (Lipinski definition) is 3. The lowest BCUT2D eigenvalue weighted by Crippen LogP contribution is -2.38. The van der Waals surface area contributed by atoms with Crippen molar-refractivity contribution in [2.75, 3.05) is 32.7 Å². The Morgan fingerprint density at radius 2 is 2.07 bits per heavy atom. The Morgan fingerprint density at radius 3 is 2.57 bits per heavy atom. The van der Waals surface area contributed by atoms with Crippen molar-refractivity contribution in [3.05, 3.63) is 0 Å². The molecule has 0 radical (unpaired) electrons. The lowest BCUT2D eigenvalue weighted by molar-refractivity contribution is 0.114. The highest BCUT2D eigenvalue weighted by molar-refractivity contribution is 4.72. The summed E-state index contributed by atoms with van der Waals surface area (Å²) in [6.07, 6.45) is 2.38. The summed E-state index contributed by atoms with van der Waals surface area (Å²) < 4.78 is 0. The first kappa shape index (κ1) is 12.0. The second-order valence-electron chi connectivity index (χ2n) is 4.39. The molecule has 14 heavy (non-hydrogen) atoms. The molecule has 84 valence electrons. The average Bonchev–Trinajstić information content (AvgIpc) is 2.17. The highest BCUT2D eigenvalue weighted by Crippen LogP contribution is 2.13. The van der Waals surface area contributed by atoms with Gasteiger partial charge in [0, 0.05) is 13.1 Å². The number of likely N-dealkylation sites (N-methyl/N-ethyl adjacent to an activating group) is 1. The molecule has 3 heteroatoms. The summed E-state index contributed by atoms with van der Waals surface area (Å²) in [6, 6.07) is 0. The van der Waals surface area contributed by atoms with E-state index in [9.17, 15) is 5.11 Å². The van der Waals surface area contributed by atoms with E-state index in [0.717, 1.165) is 38.6 Å². The molecular formula is C11H24N2O. The Balaban J connectivity index is 2.23. The molecule has 0 unspecified atom stereocenters. The molecule has 1 saturated heterocycles. The van der Waals surface area contributed by atoms with Gasteiger partial charge in [-0.3, -0.25) is 0 Å². The minimum atomic E-state index is -0.198. The van der Waals surface area contributed by atoms with Gasteiger partial charge in [0.2, 0.25) is 0 Å². The number of aliphatic hydroxyl groups excluding tert-OH is 1. The molecule has 1 aliphatic rings. The van der Waals surface area contributed by atoms with E-state index in [2.05, 4.69) is 17.1 Å². The van der Waals surface area contributed by atoms with Gasteiger partial charge in [-0.2, -0.15) is 0 Å². The van der Waals surface area contributed by atoms with Crippen LogP contribution < -0.4 is 5.32 Å². The minimum Gasteiger partial charge on any atom is -0.392 e. The van der Waals surface area contributed by atoms with Gasteiger partial charge in [-0.1, -0.05) is 6.92 Å². The van der Waals surface area contributed by atoms with Crippen molar-refractivity contribution in [2.45, 2.75) is 32.8 Å². The Hall–Kier alpha value is -0.120. The molecular weight excluding hydrogens is 176 g/mol.